The number of likely N-dealkylation sites (tertiary alicyclic amines) is 1. The Morgan fingerprint density at radius 1 is 0.980 bits per heavy atom. The van der Waals surface area contributed by atoms with Gasteiger partial charge in [-0.15, -0.1) is 11.8 Å². The molecule has 1 unspecified atom stereocenters. The standard InChI is InChI=1S/C35H37FN6O6S/c1-21(2)38-35(45)41-16-13-26(14-17-41)48-31-19-28-27(18-30(31)46-3)29(12-15-37-28)47-25-10-8-24(9-11-25)39-34(44)40-42-32(43)20-49-33(42)22-4-6-23(36)7-5-22/h4-12,15,18-19,21,26,33H,13-14,16-17,20H2,1-3H3,(H,38,45)(H2,39,40,44). The summed E-state index contributed by atoms with van der Waals surface area (Å²) in [5, 5.41) is 7.17. The topological polar surface area (TPSA) is 134 Å². The maximum atomic E-state index is 13.4. The van der Waals surface area contributed by atoms with Gasteiger partial charge in [-0.2, -0.15) is 0 Å². The van der Waals surface area contributed by atoms with Crippen LogP contribution >= 0.6 is 11.8 Å². The molecule has 2 saturated heterocycles. The lowest BCUT2D eigenvalue weighted by molar-refractivity contribution is -0.130. The van der Waals surface area contributed by atoms with Crippen molar-refractivity contribution in [2.45, 2.75) is 44.2 Å². The van der Waals surface area contributed by atoms with Crippen LogP contribution in [0.4, 0.5) is 19.7 Å². The zero-order valence-electron chi connectivity index (χ0n) is 27.3. The first-order valence-corrected chi connectivity index (χ1v) is 16.9. The largest absolute Gasteiger partial charge is 0.493 e. The number of methoxy groups -OCH3 is 1. The molecule has 0 bridgehead atoms. The van der Waals surface area contributed by atoms with Crippen molar-refractivity contribution in [2.24, 2.45) is 0 Å². The van der Waals surface area contributed by atoms with Gasteiger partial charge >= 0.3 is 12.1 Å². The highest BCUT2D eigenvalue weighted by atomic mass is 32.2. The molecule has 5 amide bonds. The molecule has 4 aromatic rings. The van der Waals surface area contributed by atoms with Crippen LogP contribution in [0.25, 0.3) is 10.9 Å². The molecule has 2 aliphatic heterocycles. The normalized spacial score (nSPS) is 16.5. The van der Waals surface area contributed by atoms with Crippen molar-refractivity contribution >= 4 is 46.3 Å². The molecule has 3 heterocycles. The summed E-state index contributed by atoms with van der Waals surface area (Å²) in [7, 11) is 1.58. The second-order valence-corrected chi connectivity index (χ2v) is 13.0. The first-order valence-electron chi connectivity index (χ1n) is 15.9. The van der Waals surface area contributed by atoms with E-state index in [2.05, 4.69) is 21.0 Å². The van der Waals surface area contributed by atoms with Gasteiger partial charge in [0, 0.05) is 55.3 Å². The summed E-state index contributed by atoms with van der Waals surface area (Å²) in [4.78, 5) is 44.0. The highest BCUT2D eigenvalue weighted by Gasteiger charge is 2.34. The number of anilines is 1. The number of carbonyl (C=O) groups excluding carboxylic acids is 3. The third-order valence-corrected chi connectivity index (χ3v) is 9.22. The van der Waals surface area contributed by atoms with Crippen LogP contribution in [-0.2, 0) is 4.79 Å². The van der Waals surface area contributed by atoms with Gasteiger partial charge in [0.15, 0.2) is 11.5 Å². The zero-order chi connectivity index (χ0) is 34.5. The Hall–Kier alpha value is -5.24. The number of rotatable bonds is 9. The molecule has 0 radical (unpaired) electrons. The predicted molar refractivity (Wildman–Crippen MR) is 184 cm³/mol. The molecule has 6 rings (SSSR count). The smallest absolute Gasteiger partial charge is 0.338 e. The number of fused-ring (bicyclic) bond motifs is 1. The van der Waals surface area contributed by atoms with Gasteiger partial charge in [-0.05, 0) is 67.9 Å². The van der Waals surface area contributed by atoms with Crippen LogP contribution in [0.2, 0.25) is 0 Å². The van der Waals surface area contributed by atoms with Crippen LogP contribution in [0.3, 0.4) is 0 Å². The molecular weight excluding hydrogens is 651 g/mol. The Labute approximate surface area is 287 Å². The maximum Gasteiger partial charge on any atom is 0.338 e. The van der Waals surface area contributed by atoms with E-state index in [0.717, 1.165) is 5.39 Å². The lowest BCUT2D eigenvalue weighted by atomic mass is 10.1. The summed E-state index contributed by atoms with van der Waals surface area (Å²) in [5.74, 6) is 1.73. The van der Waals surface area contributed by atoms with E-state index < -0.39 is 11.4 Å². The van der Waals surface area contributed by atoms with Gasteiger partial charge in [0.1, 0.15) is 28.8 Å². The number of hydrogen-bond donors (Lipinski definition) is 3. The van der Waals surface area contributed by atoms with E-state index in [9.17, 15) is 18.8 Å². The molecule has 0 spiro atoms. The molecule has 0 aliphatic carbocycles. The summed E-state index contributed by atoms with van der Waals surface area (Å²) in [6.07, 6.45) is 2.97. The Morgan fingerprint density at radius 2 is 1.71 bits per heavy atom. The number of ether oxygens (including phenoxy) is 3. The minimum Gasteiger partial charge on any atom is -0.493 e. The lowest BCUT2D eigenvalue weighted by Crippen LogP contribution is -2.48. The van der Waals surface area contributed by atoms with Gasteiger partial charge in [0.2, 0.25) is 0 Å². The summed E-state index contributed by atoms with van der Waals surface area (Å²) < 4.78 is 31.6. The molecule has 0 saturated carbocycles. The molecule has 49 heavy (non-hydrogen) atoms. The molecule has 2 fully saturated rings. The summed E-state index contributed by atoms with van der Waals surface area (Å²) in [6.45, 7) is 5.08. The average Bonchev–Trinajstić information content (AvgIpc) is 3.44. The van der Waals surface area contributed by atoms with Crippen molar-refractivity contribution in [2.75, 3.05) is 31.3 Å². The minimum absolute atomic E-state index is 0.0583. The van der Waals surface area contributed by atoms with Crippen LogP contribution < -0.4 is 30.3 Å². The van der Waals surface area contributed by atoms with Crippen molar-refractivity contribution in [1.29, 1.82) is 0 Å². The fourth-order valence-electron chi connectivity index (χ4n) is 5.58. The molecule has 256 valence electrons. The van der Waals surface area contributed by atoms with Crippen molar-refractivity contribution in [3.63, 3.8) is 0 Å². The number of nitrogens with zero attached hydrogens (tertiary/aromatic N) is 3. The number of pyridine rings is 1. The van der Waals surface area contributed by atoms with Crippen LogP contribution in [0, 0.1) is 5.82 Å². The number of nitrogens with one attached hydrogen (secondary N) is 3. The zero-order valence-corrected chi connectivity index (χ0v) is 28.1. The summed E-state index contributed by atoms with van der Waals surface area (Å²) in [5.41, 5.74) is 4.45. The van der Waals surface area contributed by atoms with E-state index in [4.69, 9.17) is 14.2 Å². The fourth-order valence-corrected chi connectivity index (χ4v) is 6.69. The minimum atomic E-state index is -0.593. The van der Waals surface area contributed by atoms with Gasteiger partial charge in [-0.3, -0.25) is 9.78 Å². The first-order chi connectivity index (χ1) is 23.7. The number of hydrazine groups is 1. The Kier molecular flexibility index (Phi) is 10.2. The van der Waals surface area contributed by atoms with Crippen molar-refractivity contribution in [3.8, 4) is 23.0 Å². The van der Waals surface area contributed by atoms with Crippen LogP contribution in [-0.4, -0.2) is 71.0 Å². The molecule has 14 heteroatoms. The molecule has 12 nitrogen and oxygen atoms in total. The fraction of sp³-hybridized carbons (Fsp3) is 0.314. The van der Waals surface area contributed by atoms with E-state index in [1.54, 1.807) is 55.8 Å². The summed E-state index contributed by atoms with van der Waals surface area (Å²) in [6, 6.07) is 17.4. The molecule has 1 aromatic heterocycles. The predicted octanol–water partition coefficient (Wildman–Crippen LogP) is 6.45. The Bertz CT molecular complexity index is 1820. The van der Waals surface area contributed by atoms with E-state index in [-0.39, 0.29) is 35.7 Å². The van der Waals surface area contributed by atoms with Gasteiger partial charge in [0.05, 0.1) is 18.4 Å². The molecule has 3 N–H and O–H groups in total. The number of thioether (sulfide) groups is 1. The van der Waals surface area contributed by atoms with E-state index >= 15 is 0 Å². The lowest BCUT2D eigenvalue weighted by Gasteiger charge is -2.33. The Balaban J connectivity index is 1.08. The third-order valence-electron chi connectivity index (χ3n) is 8.01. The van der Waals surface area contributed by atoms with Gasteiger partial charge in [-0.1, -0.05) is 12.1 Å². The monoisotopic (exact) mass is 688 g/mol. The molecular formula is C35H37FN6O6S. The quantitative estimate of drug-likeness (QED) is 0.183. The number of benzene rings is 3. The third kappa shape index (κ3) is 8.08. The second-order valence-electron chi connectivity index (χ2n) is 11.9. The first kappa shape index (κ1) is 33.7. The number of aromatic nitrogens is 1. The van der Waals surface area contributed by atoms with Gasteiger partial charge < -0.3 is 29.7 Å². The number of amides is 5. The van der Waals surface area contributed by atoms with E-state index in [1.807, 2.05) is 30.9 Å². The molecule has 1 atom stereocenters. The van der Waals surface area contributed by atoms with Gasteiger partial charge in [0.25, 0.3) is 5.91 Å². The highest BCUT2D eigenvalue weighted by molar-refractivity contribution is 8.00. The van der Waals surface area contributed by atoms with Crippen LogP contribution in [0.5, 0.6) is 23.0 Å². The van der Waals surface area contributed by atoms with E-state index in [0.29, 0.717) is 65.7 Å². The number of piperidine rings is 1. The maximum absolute atomic E-state index is 13.4. The second kappa shape index (κ2) is 14.9. The number of hydrogen-bond acceptors (Lipinski definition) is 8. The van der Waals surface area contributed by atoms with Crippen LogP contribution in [0.15, 0.2) is 72.9 Å². The highest BCUT2D eigenvalue weighted by Crippen LogP contribution is 2.39. The summed E-state index contributed by atoms with van der Waals surface area (Å²) >= 11 is 1.34. The number of urea groups is 2. The number of carbonyl (C=O) groups is 3. The van der Waals surface area contributed by atoms with E-state index in [1.165, 1.54) is 28.9 Å². The van der Waals surface area contributed by atoms with Crippen LogP contribution in [0.1, 0.15) is 37.6 Å². The van der Waals surface area contributed by atoms with Crippen molar-refractivity contribution in [3.05, 3.63) is 84.3 Å². The molecule has 2 aliphatic rings. The van der Waals surface area contributed by atoms with Gasteiger partial charge in [-0.25, -0.2) is 24.4 Å². The molecule has 3 aromatic carbocycles. The van der Waals surface area contributed by atoms with Crippen molar-refractivity contribution < 1.29 is 33.0 Å². The van der Waals surface area contributed by atoms with Crippen molar-refractivity contribution in [1.82, 2.24) is 25.6 Å². The Morgan fingerprint density at radius 3 is 2.41 bits per heavy atom. The number of halogens is 1. The average molecular weight is 689 g/mol. The SMILES string of the molecule is COc1cc2c(Oc3ccc(NC(=O)NN4C(=O)CSC4c4ccc(F)cc4)cc3)ccnc2cc1OC1CCN(C(=O)NC(C)C)CC1.